The van der Waals surface area contributed by atoms with Gasteiger partial charge in [0.05, 0.1) is 4.90 Å². The Kier molecular flexibility index (Phi) is 3.05. The van der Waals surface area contributed by atoms with Gasteiger partial charge in [-0.15, -0.1) is 11.7 Å². The minimum absolute atomic E-state index is 0.103. The predicted octanol–water partition coefficient (Wildman–Crippen LogP) is 1.87. The summed E-state index contributed by atoms with van der Waals surface area (Å²) in [7, 11) is -2.86. The van der Waals surface area contributed by atoms with Crippen molar-refractivity contribution >= 4 is 32.6 Å². The molecule has 0 spiro atoms. The topological polar surface area (TPSA) is 54.4 Å². The summed E-state index contributed by atoms with van der Waals surface area (Å²) in [5.41, 5.74) is 0. The Hall–Kier alpha value is -0.170. The van der Waals surface area contributed by atoms with Gasteiger partial charge in [-0.05, 0) is 24.3 Å². The smallest absolute Gasteiger partial charge is 0.282 e. The van der Waals surface area contributed by atoms with Crippen LogP contribution in [0.2, 0.25) is 0 Å². The molecule has 1 aromatic carbocycles. The van der Waals surface area contributed by atoms with Crippen molar-refractivity contribution in [3.05, 3.63) is 24.3 Å². The largest absolute Gasteiger partial charge is 0.294 e. The molecular formula is C6H6O3S3. The summed E-state index contributed by atoms with van der Waals surface area (Å²) in [6.45, 7) is 0. The van der Waals surface area contributed by atoms with E-state index in [0.29, 0.717) is 0 Å². The molecule has 0 aliphatic carbocycles. The van der Waals surface area contributed by atoms with Gasteiger partial charge in [0.1, 0.15) is 0 Å². The molecule has 0 radical (unpaired) electrons. The minimum Gasteiger partial charge on any atom is -0.282 e. The zero-order valence-corrected chi connectivity index (χ0v) is 8.36. The molecule has 1 aromatic rings. The molecule has 0 aliphatic heterocycles. The maximum atomic E-state index is 10.6. The Bertz CT molecular complexity index is 354. The Morgan fingerprint density at radius 1 is 1.25 bits per heavy atom. The molecule has 0 fully saturated rings. The Labute approximate surface area is 79.7 Å². The zero-order chi connectivity index (χ0) is 9.19. The molecule has 0 unspecified atom stereocenters. The third-order valence-corrected chi connectivity index (χ3v) is 3.21. The van der Waals surface area contributed by atoms with Gasteiger partial charge in [0.25, 0.3) is 10.1 Å². The molecule has 0 bridgehead atoms. The van der Waals surface area contributed by atoms with Crippen LogP contribution in [-0.2, 0) is 10.1 Å². The van der Waals surface area contributed by atoms with Crippen LogP contribution in [0.5, 0.6) is 0 Å². The minimum atomic E-state index is -4.06. The van der Waals surface area contributed by atoms with E-state index in [1.807, 2.05) is 0 Å². The number of thiol groups is 1. The number of rotatable bonds is 2. The van der Waals surface area contributed by atoms with Crippen molar-refractivity contribution in [1.82, 2.24) is 0 Å². The molecular weight excluding hydrogens is 216 g/mol. The van der Waals surface area contributed by atoms with E-state index in [1.165, 1.54) is 22.9 Å². The van der Waals surface area contributed by atoms with Gasteiger partial charge in [-0.25, -0.2) is 0 Å². The first kappa shape index (κ1) is 9.91. The Morgan fingerprint density at radius 3 is 2.08 bits per heavy atom. The van der Waals surface area contributed by atoms with E-state index < -0.39 is 10.1 Å². The van der Waals surface area contributed by atoms with Gasteiger partial charge < -0.3 is 0 Å². The number of benzene rings is 1. The summed E-state index contributed by atoms with van der Waals surface area (Å²) in [6.07, 6.45) is 0. The van der Waals surface area contributed by atoms with E-state index in [1.54, 1.807) is 12.1 Å². The monoisotopic (exact) mass is 222 g/mol. The lowest BCUT2D eigenvalue weighted by Crippen LogP contribution is -1.96. The van der Waals surface area contributed by atoms with E-state index in [4.69, 9.17) is 4.55 Å². The van der Waals surface area contributed by atoms with Crippen LogP contribution < -0.4 is 0 Å². The molecule has 0 saturated heterocycles. The lowest BCUT2D eigenvalue weighted by molar-refractivity contribution is 0.483. The molecule has 0 amide bonds. The predicted molar refractivity (Wildman–Crippen MR) is 51.1 cm³/mol. The molecule has 0 atom stereocenters. The lowest BCUT2D eigenvalue weighted by Gasteiger charge is -1.97. The third-order valence-electron chi connectivity index (χ3n) is 1.23. The molecule has 12 heavy (non-hydrogen) atoms. The molecule has 0 aliphatic rings. The summed E-state index contributed by atoms with van der Waals surface area (Å²) in [5, 5.41) is 0. The van der Waals surface area contributed by atoms with Crippen molar-refractivity contribution in [1.29, 1.82) is 0 Å². The Balaban J connectivity index is 3.09. The van der Waals surface area contributed by atoms with E-state index in [-0.39, 0.29) is 4.90 Å². The van der Waals surface area contributed by atoms with Crippen molar-refractivity contribution < 1.29 is 13.0 Å². The average Bonchev–Trinajstić information content (AvgIpc) is 2.03. The van der Waals surface area contributed by atoms with E-state index in [0.717, 1.165) is 4.90 Å². The number of hydrogen-bond donors (Lipinski definition) is 2. The fourth-order valence-electron chi connectivity index (χ4n) is 0.672. The fourth-order valence-corrected chi connectivity index (χ4v) is 1.78. The SMILES string of the molecule is O=S(=O)(O)c1ccc(SS)cc1. The second kappa shape index (κ2) is 3.69. The molecule has 0 aromatic heterocycles. The van der Waals surface area contributed by atoms with Gasteiger partial charge in [0.2, 0.25) is 0 Å². The lowest BCUT2D eigenvalue weighted by atomic mass is 10.4. The molecule has 6 heteroatoms. The van der Waals surface area contributed by atoms with Gasteiger partial charge in [-0.2, -0.15) is 8.42 Å². The molecule has 1 N–H and O–H groups in total. The third kappa shape index (κ3) is 2.41. The van der Waals surface area contributed by atoms with Crippen molar-refractivity contribution in [2.75, 3.05) is 0 Å². The van der Waals surface area contributed by atoms with Crippen molar-refractivity contribution in [2.24, 2.45) is 0 Å². The van der Waals surface area contributed by atoms with Crippen LogP contribution in [-0.4, -0.2) is 13.0 Å². The van der Waals surface area contributed by atoms with Crippen molar-refractivity contribution in [3.8, 4) is 0 Å². The van der Waals surface area contributed by atoms with Crippen LogP contribution in [0.3, 0.4) is 0 Å². The normalized spacial score (nSPS) is 11.5. The van der Waals surface area contributed by atoms with Crippen LogP contribution in [0.25, 0.3) is 0 Å². The second-order valence-corrected chi connectivity index (χ2v) is 4.66. The molecule has 1 rings (SSSR count). The van der Waals surface area contributed by atoms with Gasteiger partial charge in [-0.3, -0.25) is 4.55 Å². The van der Waals surface area contributed by atoms with Crippen LogP contribution in [0, 0.1) is 0 Å². The highest BCUT2D eigenvalue weighted by molar-refractivity contribution is 8.68. The first-order valence-electron chi connectivity index (χ1n) is 2.93. The summed E-state index contributed by atoms with van der Waals surface area (Å²) >= 11 is 3.92. The first-order chi connectivity index (χ1) is 5.54. The number of hydrogen-bond acceptors (Lipinski definition) is 4. The van der Waals surface area contributed by atoms with Gasteiger partial charge in [0, 0.05) is 4.90 Å². The highest BCUT2D eigenvalue weighted by Gasteiger charge is 2.07. The van der Waals surface area contributed by atoms with E-state index in [2.05, 4.69) is 11.7 Å². The summed E-state index contributed by atoms with van der Waals surface area (Å²) in [4.78, 5) is 0.722. The van der Waals surface area contributed by atoms with Gasteiger partial charge in [-0.1, -0.05) is 10.8 Å². The first-order valence-corrected chi connectivity index (χ1v) is 6.24. The summed E-state index contributed by atoms with van der Waals surface area (Å²) in [5.74, 6) is 0. The molecule has 0 saturated carbocycles. The van der Waals surface area contributed by atoms with Crippen molar-refractivity contribution in [2.45, 2.75) is 9.79 Å². The van der Waals surface area contributed by atoms with Gasteiger partial charge in [0.15, 0.2) is 0 Å². The molecule has 0 heterocycles. The average molecular weight is 222 g/mol. The maximum absolute atomic E-state index is 10.6. The van der Waals surface area contributed by atoms with Gasteiger partial charge >= 0.3 is 0 Å². The van der Waals surface area contributed by atoms with E-state index in [9.17, 15) is 8.42 Å². The highest BCUT2D eigenvalue weighted by Crippen LogP contribution is 2.22. The summed E-state index contributed by atoms with van der Waals surface area (Å²) < 4.78 is 29.7. The molecule has 3 nitrogen and oxygen atoms in total. The van der Waals surface area contributed by atoms with Crippen LogP contribution in [0.15, 0.2) is 34.1 Å². The molecule has 66 valence electrons. The van der Waals surface area contributed by atoms with Crippen LogP contribution in [0.4, 0.5) is 0 Å². The van der Waals surface area contributed by atoms with Crippen molar-refractivity contribution in [3.63, 3.8) is 0 Å². The second-order valence-electron chi connectivity index (χ2n) is 2.04. The maximum Gasteiger partial charge on any atom is 0.294 e. The van der Waals surface area contributed by atoms with E-state index >= 15 is 0 Å². The zero-order valence-electron chi connectivity index (χ0n) is 5.84. The quantitative estimate of drug-likeness (QED) is 0.455. The fraction of sp³-hybridized carbons (Fsp3) is 0. The Morgan fingerprint density at radius 2 is 1.75 bits per heavy atom. The summed E-state index contributed by atoms with van der Waals surface area (Å²) in [6, 6.07) is 5.79. The van der Waals surface area contributed by atoms with Crippen LogP contribution in [0.1, 0.15) is 0 Å². The van der Waals surface area contributed by atoms with Crippen LogP contribution >= 0.6 is 22.5 Å². The highest BCUT2D eigenvalue weighted by atomic mass is 33.1. The standard InChI is InChI=1S/C6H6O3S3/c7-12(8,9)6-3-1-5(11-10)2-4-6/h1-4,10H,(H,7,8,9).